The maximum atomic E-state index is 12.2. The molecule has 1 heterocycles. The average molecular weight is 286 g/mol. The molecule has 0 aromatic heterocycles. The Bertz CT molecular complexity index is 412. The number of ether oxygens (including phenoxy) is 2. The van der Waals surface area contributed by atoms with Crippen molar-refractivity contribution in [3.63, 3.8) is 0 Å². The second-order valence-electron chi connectivity index (χ2n) is 4.91. The summed E-state index contributed by atoms with van der Waals surface area (Å²) in [5.74, 6) is 0.163. The van der Waals surface area contributed by atoms with Gasteiger partial charge in [0, 0.05) is 30.4 Å². The van der Waals surface area contributed by atoms with Gasteiger partial charge in [-0.2, -0.15) is 8.78 Å². The maximum absolute atomic E-state index is 12.2. The van der Waals surface area contributed by atoms with Crippen molar-refractivity contribution in [3.05, 3.63) is 24.3 Å². The van der Waals surface area contributed by atoms with Gasteiger partial charge in [-0.15, -0.1) is 0 Å². The number of morpholine rings is 1. The molecule has 0 radical (unpaired) electrons. The number of benzene rings is 1. The lowest BCUT2D eigenvalue weighted by atomic mass is 10.1. The highest BCUT2D eigenvalue weighted by Crippen LogP contribution is 2.20. The molecule has 112 valence electrons. The zero-order valence-corrected chi connectivity index (χ0v) is 11.4. The van der Waals surface area contributed by atoms with Gasteiger partial charge in [0.2, 0.25) is 0 Å². The standard InChI is InChI=1S/C14H20F2N2O2/c1-10(7-12-9-19-6-5-17-12)18-11-3-2-4-13(8-11)20-14(15)16/h2-4,8,10,12,14,17-18H,5-7,9H2,1H3. The van der Waals surface area contributed by atoms with Crippen molar-refractivity contribution in [1.82, 2.24) is 5.32 Å². The summed E-state index contributed by atoms with van der Waals surface area (Å²) in [5, 5.41) is 6.67. The van der Waals surface area contributed by atoms with E-state index in [1.807, 2.05) is 6.07 Å². The first-order valence-electron chi connectivity index (χ1n) is 6.76. The third-order valence-corrected chi connectivity index (χ3v) is 3.11. The minimum absolute atomic E-state index is 0.163. The van der Waals surface area contributed by atoms with E-state index in [9.17, 15) is 8.78 Å². The molecule has 1 aromatic carbocycles. The largest absolute Gasteiger partial charge is 0.435 e. The minimum atomic E-state index is -2.80. The number of hydrogen-bond donors (Lipinski definition) is 2. The van der Waals surface area contributed by atoms with E-state index in [0.717, 1.165) is 25.3 Å². The highest BCUT2D eigenvalue weighted by Gasteiger charge is 2.16. The Kier molecular flexibility index (Phi) is 5.55. The Balaban J connectivity index is 1.85. The Morgan fingerprint density at radius 1 is 1.50 bits per heavy atom. The summed E-state index contributed by atoms with van der Waals surface area (Å²) in [4.78, 5) is 0. The fourth-order valence-corrected chi connectivity index (χ4v) is 2.30. The molecule has 0 spiro atoms. The Hall–Kier alpha value is -1.40. The van der Waals surface area contributed by atoms with Crippen molar-refractivity contribution in [2.75, 3.05) is 25.1 Å². The topological polar surface area (TPSA) is 42.5 Å². The van der Waals surface area contributed by atoms with Gasteiger partial charge in [-0.3, -0.25) is 0 Å². The predicted octanol–water partition coefficient (Wildman–Crippen LogP) is 2.47. The molecule has 0 bridgehead atoms. The zero-order chi connectivity index (χ0) is 14.4. The van der Waals surface area contributed by atoms with Crippen LogP contribution in [0.2, 0.25) is 0 Å². The van der Waals surface area contributed by atoms with E-state index < -0.39 is 6.61 Å². The summed E-state index contributed by atoms with van der Waals surface area (Å²) in [6.45, 7) is 1.59. The maximum Gasteiger partial charge on any atom is 0.387 e. The fraction of sp³-hybridized carbons (Fsp3) is 0.571. The molecule has 1 aliphatic rings. The van der Waals surface area contributed by atoms with Crippen LogP contribution in [0.1, 0.15) is 13.3 Å². The number of nitrogens with one attached hydrogen (secondary N) is 2. The third-order valence-electron chi connectivity index (χ3n) is 3.11. The van der Waals surface area contributed by atoms with Crippen molar-refractivity contribution in [2.24, 2.45) is 0 Å². The van der Waals surface area contributed by atoms with Crippen LogP contribution in [0, 0.1) is 0 Å². The number of halogens is 2. The van der Waals surface area contributed by atoms with Gasteiger partial charge < -0.3 is 20.1 Å². The van der Waals surface area contributed by atoms with Crippen LogP contribution in [0.25, 0.3) is 0 Å². The number of alkyl halides is 2. The van der Waals surface area contributed by atoms with Crippen molar-refractivity contribution >= 4 is 5.69 Å². The Morgan fingerprint density at radius 2 is 2.35 bits per heavy atom. The molecule has 2 unspecified atom stereocenters. The van der Waals surface area contributed by atoms with Crippen LogP contribution in [-0.4, -0.2) is 38.5 Å². The number of hydrogen-bond acceptors (Lipinski definition) is 4. The summed E-state index contributed by atoms with van der Waals surface area (Å²) >= 11 is 0. The van der Waals surface area contributed by atoms with E-state index in [4.69, 9.17) is 4.74 Å². The van der Waals surface area contributed by atoms with Crippen molar-refractivity contribution in [3.8, 4) is 5.75 Å². The molecule has 4 nitrogen and oxygen atoms in total. The Labute approximate surface area is 117 Å². The van der Waals surface area contributed by atoms with Gasteiger partial charge in [-0.25, -0.2) is 0 Å². The molecule has 2 atom stereocenters. The highest BCUT2D eigenvalue weighted by molar-refractivity contribution is 5.48. The summed E-state index contributed by atoms with van der Waals surface area (Å²) < 4.78 is 34.1. The van der Waals surface area contributed by atoms with Crippen LogP contribution < -0.4 is 15.4 Å². The van der Waals surface area contributed by atoms with Crippen molar-refractivity contribution < 1.29 is 18.3 Å². The monoisotopic (exact) mass is 286 g/mol. The van der Waals surface area contributed by atoms with Gasteiger partial charge in [-0.1, -0.05) is 6.07 Å². The van der Waals surface area contributed by atoms with Gasteiger partial charge >= 0.3 is 6.61 Å². The molecular formula is C14H20F2N2O2. The molecule has 1 saturated heterocycles. The molecule has 0 amide bonds. The van der Waals surface area contributed by atoms with Crippen LogP contribution >= 0.6 is 0 Å². The molecule has 2 rings (SSSR count). The van der Waals surface area contributed by atoms with Gasteiger partial charge in [0.05, 0.1) is 13.2 Å². The van der Waals surface area contributed by atoms with Gasteiger partial charge in [0.25, 0.3) is 0 Å². The van der Waals surface area contributed by atoms with Crippen molar-refractivity contribution in [2.45, 2.75) is 32.0 Å². The Morgan fingerprint density at radius 3 is 3.05 bits per heavy atom. The molecule has 0 saturated carbocycles. The van der Waals surface area contributed by atoms with Crippen LogP contribution in [0.4, 0.5) is 14.5 Å². The number of anilines is 1. The first-order chi connectivity index (χ1) is 9.63. The van der Waals surface area contributed by atoms with E-state index in [2.05, 4.69) is 22.3 Å². The summed E-state index contributed by atoms with van der Waals surface area (Å²) in [5.41, 5.74) is 0.771. The van der Waals surface area contributed by atoms with Crippen LogP contribution in [-0.2, 0) is 4.74 Å². The van der Waals surface area contributed by atoms with Crippen LogP contribution in [0.3, 0.4) is 0 Å². The lowest BCUT2D eigenvalue weighted by Gasteiger charge is -2.27. The molecule has 2 N–H and O–H groups in total. The molecule has 1 aliphatic heterocycles. The molecule has 20 heavy (non-hydrogen) atoms. The molecule has 6 heteroatoms. The molecule has 1 aromatic rings. The zero-order valence-electron chi connectivity index (χ0n) is 11.4. The van der Waals surface area contributed by atoms with E-state index in [1.54, 1.807) is 12.1 Å². The van der Waals surface area contributed by atoms with Gasteiger partial charge in [-0.05, 0) is 25.5 Å². The first kappa shape index (κ1) is 15.0. The van der Waals surface area contributed by atoms with Crippen molar-refractivity contribution in [1.29, 1.82) is 0 Å². The summed E-state index contributed by atoms with van der Waals surface area (Å²) in [6, 6.07) is 7.14. The lowest BCUT2D eigenvalue weighted by Crippen LogP contribution is -2.43. The van der Waals surface area contributed by atoms with E-state index >= 15 is 0 Å². The highest BCUT2D eigenvalue weighted by atomic mass is 19.3. The minimum Gasteiger partial charge on any atom is -0.435 e. The fourth-order valence-electron chi connectivity index (χ4n) is 2.30. The third kappa shape index (κ3) is 4.94. The first-order valence-corrected chi connectivity index (χ1v) is 6.76. The van der Waals surface area contributed by atoms with Gasteiger partial charge in [0.1, 0.15) is 5.75 Å². The van der Waals surface area contributed by atoms with E-state index in [0.29, 0.717) is 12.6 Å². The second kappa shape index (κ2) is 7.40. The van der Waals surface area contributed by atoms with Crippen LogP contribution in [0.5, 0.6) is 5.75 Å². The number of rotatable bonds is 6. The molecule has 0 aliphatic carbocycles. The van der Waals surface area contributed by atoms with E-state index in [-0.39, 0.29) is 11.8 Å². The van der Waals surface area contributed by atoms with E-state index in [1.165, 1.54) is 6.07 Å². The molecular weight excluding hydrogens is 266 g/mol. The second-order valence-corrected chi connectivity index (χ2v) is 4.91. The predicted molar refractivity (Wildman–Crippen MR) is 73.4 cm³/mol. The summed E-state index contributed by atoms with van der Waals surface area (Å²) in [7, 11) is 0. The normalized spacial score (nSPS) is 20.7. The summed E-state index contributed by atoms with van der Waals surface area (Å²) in [6.07, 6.45) is 0.903. The SMILES string of the molecule is CC(CC1COCCN1)Nc1cccc(OC(F)F)c1. The lowest BCUT2D eigenvalue weighted by molar-refractivity contribution is -0.0498. The molecule has 1 fully saturated rings. The average Bonchev–Trinajstić information content (AvgIpc) is 2.39. The van der Waals surface area contributed by atoms with Gasteiger partial charge in [0.15, 0.2) is 0 Å². The quantitative estimate of drug-likeness (QED) is 0.843. The van der Waals surface area contributed by atoms with Crippen LogP contribution in [0.15, 0.2) is 24.3 Å². The smallest absolute Gasteiger partial charge is 0.387 e.